The van der Waals surface area contributed by atoms with Gasteiger partial charge in [-0.25, -0.2) is 0 Å². The maximum atomic E-state index is 12.7. The van der Waals surface area contributed by atoms with Crippen molar-refractivity contribution in [1.82, 2.24) is 9.80 Å². The largest absolute Gasteiger partial charge is 0.456 e. The first-order valence-corrected chi connectivity index (χ1v) is 9.20. The van der Waals surface area contributed by atoms with E-state index in [-0.39, 0.29) is 24.4 Å². The molecule has 0 bridgehead atoms. The molecule has 0 saturated carbocycles. The minimum absolute atomic E-state index is 0. The summed E-state index contributed by atoms with van der Waals surface area (Å²) in [6.07, 6.45) is 2.25. The summed E-state index contributed by atoms with van der Waals surface area (Å²) >= 11 is 0. The van der Waals surface area contributed by atoms with Crippen LogP contribution in [0.15, 0.2) is 46.9 Å². The summed E-state index contributed by atoms with van der Waals surface area (Å²) in [6.45, 7) is 8.95. The van der Waals surface area contributed by atoms with Gasteiger partial charge in [-0.15, -0.1) is 12.4 Å². The Balaban J connectivity index is 0.00000243. The Bertz CT molecular complexity index is 701. The number of halogens is 1. The number of aryl methyl sites for hydroxylation is 2. The Hall–Kier alpha value is -1.78. The van der Waals surface area contributed by atoms with E-state index in [2.05, 4.69) is 49.1 Å². The highest BCUT2D eigenvalue weighted by molar-refractivity contribution is 5.91. The van der Waals surface area contributed by atoms with Crippen LogP contribution in [0.5, 0.6) is 0 Å². The fourth-order valence-corrected chi connectivity index (χ4v) is 3.61. The van der Waals surface area contributed by atoms with Gasteiger partial charge in [0.1, 0.15) is 5.76 Å². The molecule has 1 amide bonds. The lowest BCUT2D eigenvalue weighted by Crippen LogP contribution is -2.58. The quantitative estimate of drug-likeness (QED) is 0.785. The molecule has 1 saturated heterocycles. The number of carbonyl (C=O) groups is 1. The average Bonchev–Trinajstić information content (AvgIpc) is 3.04. The van der Waals surface area contributed by atoms with Gasteiger partial charge in [-0.2, -0.15) is 0 Å². The van der Waals surface area contributed by atoms with Crippen LogP contribution in [0.1, 0.15) is 42.1 Å². The van der Waals surface area contributed by atoms with E-state index in [4.69, 9.17) is 4.42 Å². The monoisotopic (exact) mass is 376 g/mol. The van der Waals surface area contributed by atoms with Crippen molar-refractivity contribution in [2.45, 2.75) is 45.7 Å². The van der Waals surface area contributed by atoms with Gasteiger partial charge >= 0.3 is 0 Å². The summed E-state index contributed by atoms with van der Waals surface area (Å²) < 4.78 is 5.52. The average molecular weight is 377 g/mol. The van der Waals surface area contributed by atoms with Crippen LogP contribution < -0.4 is 0 Å². The highest BCUT2D eigenvalue weighted by Gasteiger charge is 2.33. The Labute approximate surface area is 162 Å². The van der Waals surface area contributed by atoms with E-state index in [0.29, 0.717) is 11.8 Å². The van der Waals surface area contributed by atoms with Gasteiger partial charge in [0, 0.05) is 25.2 Å². The zero-order valence-electron chi connectivity index (χ0n) is 15.9. The van der Waals surface area contributed by atoms with Crippen molar-refractivity contribution in [1.29, 1.82) is 0 Å². The van der Waals surface area contributed by atoms with Crippen LogP contribution in [0.4, 0.5) is 0 Å². The topological polar surface area (TPSA) is 36.7 Å². The molecule has 142 valence electrons. The third kappa shape index (κ3) is 4.89. The van der Waals surface area contributed by atoms with E-state index in [1.165, 1.54) is 5.56 Å². The van der Waals surface area contributed by atoms with Gasteiger partial charge in [0.25, 0.3) is 5.91 Å². The van der Waals surface area contributed by atoms with Crippen LogP contribution >= 0.6 is 12.4 Å². The number of hydrogen-bond donors (Lipinski definition) is 0. The third-order valence-corrected chi connectivity index (χ3v) is 5.08. The summed E-state index contributed by atoms with van der Waals surface area (Å²) in [7, 11) is 0. The van der Waals surface area contributed by atoms with Gasteiger partial charge in [-0.05, 0) is 57.9 Å². The third-order valence-electron chi connectivity index (χ3n) is 5.08. The summed E-state index contributed by atoms with van der Waals surface area (Å²) in [5.41, 5.74) is 1.39. The van der Waals surface area contributed by atoms with E-state index in [1.54, 1.807) is 6.07 Å². The van der Waals surface area contributed by atoms with E-state index in [1.807, 2.05) is 17.9 Å². The predicted molar refractivity (Wildman–Crippen MR) is 107 cm³/mol. The van der Waals surface area contributed by atoms with E-state index in [0.717, 1.165) is 38.2 Å². The molecule has 1 fully saturated rings. The first-order chi connectivity index (χ1) is 12.0. The molecule has 4 nitrogen and oxygen atoms in total. The SMILES string of the molecule is Cc1ccc(C(=O)N2C[C@@H](C)N(CCCc3ccccc3)C[C@@H]2C)o1.Cl. The number of nitrogens with zero attached hydrogens (tertiary/aromatic N) is 2. The Morgan fingerprint density at radius 2 is 1.81 bits per heavy atom. The van der Waals surface area contributed by atoms with Gasteiger partial charge in [0.15, 0.2) is 5.76 Å². The summed E-state index contributed by atoms with van der Waals surface area (Å²) in [5.74, 6) is 1.24. The fraction of sp³-hybridized carbons (Fsp3) is 0.476. The van der Waals surface area contributed by atoms with Gasteiger partial charge in [0.05, 0.1) is 0 Å². The van der Waals surface area contributed by atoms with Gasteiger partial charge in [-0.3, -0.25) is 9.69 Å². The van der Waals surface area contributed by atoms with Crippen LogP contribution in [0, 0.1) is 6.92 Å². The molecule has 1 aliphatic rings. The molecule has 2 heterocycles. The number of benzene rings is 1. The molecule has 3 rings (SSSR count). The van der Waals surface area contributed by atoms with Crippen molar-refractivity contribution in [3.63, 3.8) is 0 Å². The van der Waals surface area contributed by atoms with Crippen molar-refractivity contribution in [2.75, 3.05) is 19.6 Å². The molecule has 0 unspecified atom stereocenters. The molecular weight excluding hydrogens is 348 g/mol. The fourth-order valence-electron chi connectivity index (χ4n) is 3.61. The van der Waals surface area contributed by atoms with Crippen LogP contribution in [0.3, 0.4) is 0 Å². The summed E-state index contributed by atoms with van der Waals surface area (Å²) in [5, 5.41) is 0. The normalized spacial score (nSPS) is 20.7. The molecule has 1 aliphatic heterocycles. The van der Waals surface area contributed by atoms with E-state index < -0.39 is 0 Å². The first-order valence-electron chi connectivity index (χ1n) is 9.20. The van der Waals surface area contributed by atoms with Gasteiger partial charge < -0.3 is 9.32 Å². The predicted octanol–water partition coefficient (Wildman–Crippen LogP) is 4.18. The molecule has 2 atom stereocenters. The molecule has 26 heavy (non-hydrogen) atoms. The Kier molecular flexibility index (Phi) is 7.30. The summed E-state index contributed by atoms with van der Waals surface area (Å²) in [4.78, 5) is 17.1. The molecule has 0 radical (unpaired) electrons. The molecule has 5 heteroatoms. The Morgan fingerprint density at radius 3 is 2.46 bits per heavy atom. The van der Waals surface area contributed by atoms with Crippen LogP contribution in [-0.4, -0.2) is 47.4 Å². The minimum atomic E-state index is 0. The first kappa shape index (κ1) is 20.5. The number of hydrogen-bond acceptors (Lipinski definition) is 3. The number of rotatable bonds is 5. The number of furan rings is 1. The van der Waals surface area contributed by atoms with Gasteiger partial charge in [-0.1, -0.05) is 30.3 Å². The van der Waals surface area contributed by atoms with Crippen molar-refractivity contribution >= 4 is 18.3 Å². The molecule has 1 aromatic heterocycles. The highest BCUT2D eigenvalue weighted by atomic mass is 35.5. The number of amides is 1. The van der Waals surface area contributed by atoms with E-state index >= 15 is 0 Å². The molecule has 0 N–H and O–H groups in total. The number of piperazine rings is 1. The zero-order valence-corrected chi connectivity index (χ0v) is 16.7. The lowest BCUT2D eigenvalue weighted by Gasteiger charge is -2.44. The number of carbonyl (C=O) groups excluding carboxylic acids is 1. The van der Waals surface area contributed by atoms with Crippen molar-refractivity contribution < 1.29 is 9.21 Å². The lowest BCUT2D eigenvalue weighted by atomic mass is 10.1. The summed E-state index contributed by atoms with van der Waals surface area (Å²) in [6, 6.07) is 14.8. The molecular formula is C21H29ClN2O2. The molecule has 0 spiro atoms. The smallest absolute Gasteiger partial charge is 0.289 e. The minimum Gasteiger partial charge on any atom is -0.456 e. The van der Waals surface area contributed by atoms with Crippen molar-refractivity contribution in [2.24, 2.45) is 0 Å². The van der Waals surface area contributed by atoms with Crippen LogP contribution in [0.25, 0.3) is 0 Å². The lowest BCUT2D eigenvalue weighted by molar-refractivity contribution is 0.0290. The maximum absolute atomic E-state index is 12.7. The standard InChI is InChI=1S/C21H28N2O2.ClH/c1-16-15-23(21(24)20-12-11-18(3)25-20)17(2)14-22(16)13-7-10-19-8-5-4-6-9-19;/h4-6,8-9,11-12,16-17H,7,10,13-15H2,1-3H3;1H/t16-,17+;/m1./s1. The second kappa shape index (κ2) is 9.24. The zero-order chi connectivity index (χ0) is 17.8. The van der Waals surface area contributed by atoms with Crippen molar-refractivity contribution in [3.8, 4) is 0 Å². The van der Waals surface area contributed by atoms with Gasteiger partial charge in [0.2, 0.25) is 0 Å². The highest BCUT2D eigenvalue weighted by Crippen LogP contribution is 2.20. The molecule has 1 aromatic carbocycles. The Morgan fingerprint density at radius 1 is 1.08 bits per heavy atom. The van der Waals surface area contributed by atoms with Crippen molar-refractivity contribution in [3.05, 3.63) is 59.5 Å². The second-order valence-electron chi connectivity index (χ2n) is 7.15. The van der Waals surface area contributed by atoms with Crippen LogP contribution in [0.2, 0.25) is 0 Å². The second-order valence-corrected chi connectivity index (χ2v) is 7.15. The molecule has 0 aliphatic carbocycles. The molecule has 2 aromatic rings. The maximum Gasteiger partial charge on any atom is 0.289 e. The van der Waals surface area contributed by atoms with E-state index in [9.17, 15) is 4.79 Å². The van der Waals surface area contributed by atoms with Crippen LogP contribution in [-0.2, 0) is 6.42 Å².